The summed E-state index contributed by atoms with van der Waals surface area (Å²) in [6, 6.07) is 6.69. The molecule has 0 saturated heterocycles. The van der Waals surface area contributed by atoms with E-state index in [1.807, 2.05) is 0 Å². The van der Waals surface area contributed by atoms with Crippen LogP contribution in [0, 0.1) is 0 Å². The molecule has 0 aliphatic heterocycles. The van der Waals surface area contributed by atoms with Crippen molar-refractivity contribution in [1.82, 2.24) is 5.32 Å². The van der Waals surface area contributed by atoms with Crippen molar-refractivity contribution in [3.63, 3.8) is 0 Å². The maximum atomic E-state index is 11.3. The number of nitrogens with one attached hydrogen (secondary N) is 1. The van der Waals surface area contributed by atoms with E-state index in [2.05, 4.69) is 5.32 Å². The first-order valence-corrected chi connectivity index (χ1v) is 8.15. The van der Waals surface area contributed by atoms with Gasteiger partial charge in [0.15, 0.2) is 9.84 Å². The van der Waals surface area contributed by atoms with Crippen molar-refractivity contribution >= 4 is 15.8 Å². The van der Waals surface area contributed by atoms with Crippen molar-refractivity contribution in [3.8, 4) is 0 Å². The first-order valence-electron chi connectivity index (χ1n) is 6.26. The molecule has 0 bridgehead atoms. The predicted octanol–water partition coefficient (Wildman–Crippen LogP) is 1.30. The van der Waals surface area contributed by atoms with Gasteiger partial charge in [0.1, 0.15) is 0 Å². The zero-order chi connectivity index (χ0) is 15.0. The highest BCUT2D eigenvalue weighted by Gasteiger charge is 2.05. The van der Waals surface area contributed by atoms with Gasteiger partial charge < -0.3 is 10.1 Å². The second-order valence-corrected chi connectivity index (χ2v) is 6.22. The van der Waals surface area contributed by atoms with Gasteiger partial charge in [-0.25, -0.2) is 13.2 Å². The number of benzene rings is 1. The first-order chi connectivity index (χ1) is 9.43. The van der Waals surface area contributed by atoms with Gasteiger partial charge in [-0.1, -0.05) is 18.2 Å². The van der Waals surface area contributed by atoms with Gasteiger partial charge in [0.25, 0.3) is 0 Å². The molecule has 1 rings (SSSR count). The average molecular weight is 297 g/mol. The lowest BCUT2D eigenvalue weighted by atomic mass is 10.2. The number of carbonyl (C=O) groups is 1. The van der Waals surface area contributed by atoms with Crippen LogP contribution < -0.4 is 5.32 Å². The molecule has 1 aromatic rings. The summed E-state index contributed by atoms with van der Waals surface area (Å²) in [6.07, 6.45) is 4.24. The van der Waals surface area contributed by atoms with Crippen molar-refractivity contribution in [1.29, 1.82) is 0 Å². The summed E-state index contributed by atoms with van der Waals surface area (Å²) in [7, 11) is -3.15. The zero-order valence-corrected chi connectivity index (χ0v) is 12.4. The maximum absolute atomic E-state index is 11.3. The quantitative estimate of drug-likeness (QED) is 0.466. The molecule has 0 atom stereocenters. The van der Waals surface area contributed by atoms with Crippen LogP contribution in [0.15, 0.2) is 41.3 Å². The monoisotopic (exact) mass is 297 g/mol. The number of carbonyl (C=O) groups excluding carboxylic acids is 1. The minimum absolute atomic E-state index is 0.309. The van der Waals surface area contributed by atoms with E-state index in [1.54, 1.807) is 37.3 Å². The van der Waals surface area contributed by atoms with Crippen LogP contribution in [-0.2, 0) is 25.9 Å². The molecule has 6 heteroatoms. The third kappa shape index (κ3) is 5.99. The normalized spacial score (nSPS) is 11.7. The first kappa shape index (κ1) is 16.4. The van der Waals surface area contributed by atoms with Crippen LogP contribution in [0.4, 0.5) is 0 Å². The van der Waals surface area contributed by atoms with Crippen LogP contribution in [0.3, 0.4) is 0 Å². The van der Waals surface area contributed by atoms with Gasteiger partial charge in [-0.05, 0) is 24.6 Å². The molecular weight excluding hydrogens is 278 g/mol. The third-order valence-electron chi connectivity index (χ3n) is 2.48. The molecule has 0 fully saturated rings. The van der Waals surface area contributed by atoms with Gasteiger partial charge in [-0.3, -0.25) is 0 Å². The van der Waals surface area contributed by atoms with E-state index in [-0.39, 0.29) is 5.97 Å². The lowest BCUT2D eigenvalue weighted by molar-refractivity contribution is -0.137. The number of hydrogen-bond donors (Lipinski definition) is 1. The van der Waals surface area contributed by atoms with Gasteiger partial charge in [-0.2, -0.15) is 0 Å². The van der Waals surface area contributed by atoms with Gasteiger partial charge in [0.2, 0.25) is 0 Å². The van der Waals surface area contributed by atoms with E-state index in [4.69, 9.17) is 4.74 Å². The summed E-state index contributed by atoms with van der Waals surface area (Å²) in [6.45, 7) is 3.25. The van der Waals surface area contributed by atoms with Crippen molar-refractivity contribution in [3.05, 3.63) is 42.0 Å². The van der Waals surface area contributed by atoms with E-state index in [9.17, 15) is 13.2 Å². The van der Waals surface area contributed by atoms with E-state index >= 15 is 0 Å². The number of rotatable bonds is 7. The molecule has 1 aromatic carbocycles. The molecule has 1 N–H and O–H groups in total. The standard InChI is InChI=1S/C14H19NO4S/c1-3-19-14(16)5-4-10-15-11-12-6-8-13(9-7-12)20(2,17)18/h4-9,15H,3,10-11H2,1-2H3/b5-4+. The number of esters is 1. The third-order valence-corrected chi connectivity index (χ3v) is 3.61. The Morgan fingerprint density at radius 3 is 2.50 bits per heavy atom. The molecule has 5 nitrogen and oxygen atoms in total. The lowest BCUT2D eigenvalue weighted by Crippen LogP contribution is -2.13. The summed E-state index contributed by atoms with van der Waals surface area (Å²) >= 11 is 0. The summed E-state index contributed by atoms with van der Waals surface area (Å²) < 4.78 is 27.3. The molecule has 110 valence electrons. The van der Waals surface area contributed by atoms with Crippen LogP contribution in [0.5, 0.6) is 0 Å². The van der Waals surface area contributed by atoms with Crippen LogP contribution in [0.1, 0.15) is 12.5 Å². The second-order valence-electron chi connectivity index (χ2n) is 4.20. The second kappa shape index (κ2) is 7.81. The fourth-order valence-electron chi connectivity index (χ4n) is 1.50. The lowest BCUT2D eigenvalue weighted by Gasteiger charge is -2.03. The minimum Gasteiger partial charge on any atom is -0.463 e. The minimum atomic E-state index is -3.15. The van der Waals surface area contributed by atoms with Crippen molar-refractivity contribution < 1.29 is 17.9 Å². The van der Waals surface area contributed by atoms with Crippen molar-refractivity contribution in [2.45, 2.75) is 18.4 Å². The summed E-state index contributed by atoms with van der Waals surface area (Å²) in [5.41, 5.74) is 0.974. The van der Waals surface area contributed by atoms with Gasteiger partial charge in [0, 0.05) is 25.4 Å². The Bertz CT molecular complexity index is 561. The van der Waals surface area contributed by atoms with Crippen LogP contribution in [0.2, 0.25) is 0 Å². The Labute approximate surface area is 119 Å². The molecule has 0 aromatic heterocycles. The Morgan fingerprint density at radius 1 is 1.30 bits per heavy atom. The van der Waals surface area contributed by atoms with Gasteiger partial charge >= 0.3 is 5.97 Å². The number of hydrogen-bond acceptors (Lipinski definition) is 5. The number of ether oxygens (including phenoxy) is 1. The molecule has 0 aliphatic rings. The van der Waals surface area contributed by atoms with E-state index in [1.165, 1.54) is 12.3 Å². The Kier molecular flexibility index (Phi) is 6.41. The molecule has 0 unspecified atom stereocenters. The molecule has 0 aliphatic carbocycles. The molecule has 20 heavy (non-hydrogen) atoms. The Hall–Kier alpha value is -1.66. The molecular formula is C14H19NO4S. The van der Waals surface area contributed by atoms with Gasteiger partial charge in [0.05, 0.1) is 11.5 Å². The molecule has 0 amide bonds. The summed E-state index contributed by atoms with van der Waals surface area (Å²) in [5.74, 6) is -0.355. The van der Waals surface area contributed by atoms with Crippen molar-refractivity contribution in [2.24, 2.45) is 0 Å². The molecule has 0 spiro atoms. The molecule has 0 saturated carbocycles. The highest BCUT2D eigenvalue weighted by atomic mass is 32.2. The Balaban J connectivity index is 2.38. The van der Waals surface area contributed by atoms with Crippen molar-refractivity contribution in [2.75, 3.05) is 19.4 Å². The largest absolute Gasteiger partial charge is 0.463 e. The molecule has 0 heterocycles. The molecule has 0 radical (unpaired) electrons. The fourth-order valence-corrected chi connectivity index (χ4v) is 2.13. The highest BCUT2D eigenvalue weighted by molar-refractivity contribution is 7.90. The number of sulfone groups is 1. The topological polar surface area (TPSA) is 72.5 Å². The van der Waals surface area contributed by atoms with Crippen LogP contribution >= 0.6 is 0 Å². The Morgan fingerprint density at radius 2 is 1.95 bits per heavy atom. The SMILES string of the molecule is CCOC(=O)/C=C/CNCc1ccc(S(C)(=O)=O)cc1. The summed E-state index contributed by atoms with van der Waals surface area (Å²) in [4.78, 5) is 11.3. The fraction of sp³-hybridized carbons (Fsp3) is 0.357. The van der Waals surface area contributed by atoms with E-state index < -0.39 is 9.84 Å². The predicted molar refractivity (Wildman–Crippen MR) is 77.0 cm³/mol. The van der Waals surface area contributed by atoms with Crippen LogP contribution in [0.25, 0.3) is 0 Å². The maximum Gasteiger partial charge on any atom is 0.330 e. The summed E-state index contributed by atoms with van der Waals surface area (Å²) in [5, 5.41) is 3.11. The zero-order valence-electron chi connectivity index (χ0n) is 11.6. The van der Waals surface area contributed by atoms with E-state index in [0.717, 1.165) is 5.56 Å². The average Bonchev–Trinajstić information content (AvgIpc) is 2.38. The van der Waals surface area contributed by atoms with E-state index in [0.29, 0.717) is 24.6 Å². The highest BCUT2D eigenvalue weighted by Crippen LogP contribution is 2.09. The smallest absolute Gasteiger partial charge is 0.330 e. The van der Waals surface area contributed by atoms with Crippen LogP contribution in [-0.4, -0.2) is 33.8 Å². The van der Waals surface area contributed by atoms with Gasteiger partial charge in [-0.15, -0.1) is 0 Å².